The number of carbonyl (C=O) groups excluding carboxylic acids is 2. The van der Waals surface area contributed by atoms with E-state index in [-0.39, 0.29) is 12.0 Å². The van der Waals surface area contributed by atoms with Crippen LogP contribution in [-0.4, -0.2) is 35.2 Å². The van der Waals surface area contributed by atoms with Crippen LogP contribution in [0.2, 0.25) is 0 Å². The molecule has 2 amide bonds. The number of nitrogens with one attached hydrogen (secondary N) is 2. The molecule has 140 valence electrons. The molecule has 0 aliphatic rings. The summed E-state index contributed by atoms with van der Waals surface area (Å²) < 4.78 is 6.74. The molecule has 0 saturated heterocycles. The quantitative estimate of drug-likeness (QED) is 0.657. The number of ether oxygens (including phenoxy) is 1. The van der Waals surface area contributed by atoms with Gasteiger partial charge in [0.25, 0.3) is 0 Å². The standard InChI is InChI=1S/C20H22N4O3/c1-14-23-17-5-3-4-6-18(17)24(14)12-11-21-20(26)22-13-15-7-9-16(10-8-15)19(25)27-2/h3-10H,11-13H2,1-2H3,(H2,21,22,26). The van der Waals surface area contributed by atoms with Crippen molar-refractivity contribution in [1.82, 2.24) is 20.2 Å². The largest absolute Gasteiger partial charge is 0.465 e. The molecule has 3 aromatic rings. The van der Waals surface area contributed by atoms with E-state index in [1.54, 1.807) is 24.3 Å². The van der Waals surface area contributed by atoms with Gasteiger partial charge in [-0.3, -0.25) is 0 Å². The molecule has 2 N–H and O–H groups in total. The van der Waals surface area contributed by atoms with Gasteiger partial charge in [0.05, 0.1) is 23.7 Å². The third kappa shape index (κ3) is 4.44. The minimum absolute atomic E-state index is 0.242. The number of carbonyl (C=O) groups is 2. The van der Waals surface area contributed by atoms with Gasteiger partial charge in [0.2, 0.25) is 0 Å². The number of imidazole rings is 1. The van der Waals surface area contributed by atoms with Crippen LogP contribution in [0, 0.1) is 6.92 Å². The number of para-hydroxylation sites is 2. The highest BCUT2D eigenvalue weighted by Crippen LogP contribution is 2.14. The summed E-state index contributed by atoms with van der Waals surface area (Å²) in [7, 11) is 1.34. The Morgan fingerprint density at radius 2 is 1.81 bits per heavy atom. The summed E-state index contributed by atoms with van der Waals surface area (Å²) in [6, 6.07) is 14.6. The van der Waals surface area contributed by atoms with Gasteiger partial charge in [-0.1, -0.05) is 24.3 Å². The monoisotopic (exact) mass is 366 g/mol. The van der Waals surface area contributed by atoms with Crippen molar-refractivity contribution in [2.24, 2.45) is 0 Å². The van der Waals surface area contributed by atoms with Crippen LogP contribution in [0.3, 0.4) is 0 Å². The first-order chi connectivity index (χ1) is 13.1. The van der Waals surface area contributed by atoms with Gasteiger partial charge in [-0.05, 0) is 36.8 Å². The number of esters is 1. The Hall–Kier alpha value is -3.35. The molecular formula is C20H22N4O3. The van der Waals surface area contributed by atoms with Gasteiger partial charge in [-0.25, -0.2) is 14.6 Å². The van der Waals surface area contributed by atoms with Crippen molar-refractivity contribution in [3.05, 3.63) is 65.5 Å². The summed E-state index contributed by atoms with van der Waals surface area (Å²) in [6.45, 7) is 3.47. The number of aromatic nitrogens is 2. The molecule has 0 aliphatic carbocycles. The lowest BCUT2D eigenvalue weighted by atomic mass is 10.1. The minimum Gasteiger partial charge on any atom is -0.465 e. The molecule has 0 bridgehead atoms. The predicted octanol–water partition coefficient (Wildman–Crippen LogP) is 2.63. The highest BCUT2D eigenvalue weighted by atomic mass is 16.5. The average Bonchev–Trinajstić information content (AvgIpc) is 3.01. The summed E-state index contributed by atoms with van der Waals surface area (Å²) in [4.78, 5) is 27.9. The second-order valence-corrected chi connectivity index (χ2v) is 6.10. The molecule has 0 radical (unpaired) electrons. The average molecular weight is 366 g/mol. The molecule has 0 saturated carbocycles. The molecule has 7 nitrogen and oxygen atoms in total. The lowest BCUT2D eigenvalue weighted by Crippen LogP contribution is -2.36. The number of nitrogens with zero attached hydrogens (tertiary/aromatic N) is 2. The third-order valence-electron chi connectivity index (χ3n) is 4.29. The highest BCUT2D eigenvalue weighted by molar-refractivity contribution is 5.89. The van der Waals surface area contributed by atoms with E-state index in [0.717, 1.165) is 22.4 Å². The van der Waals surface area contributed by atoms with E-state index < -0.39 is 0 Å². The zero-order valence-electron chi connectivity index (χ0n) is 15.4. The molecule has 0 atom stereocenters. The van der Waals surface area contributed by atoms with E-state index in [1.165, 1.54) is 7.11 Å². The van der Waals surface area contributed by atoms with Crippen molar-refractivity contribution < 1.29 is 14.3 Å². The zero-order valence-corrected chi connectivity index (χ0v) is 15.4. The molecule has 1 aromatic heterocycles. The molecule has 0 aliphatic heterocycles. The summed E-state index contributed by atoms with van der Waals surface area (Å²) in [5.41, 5.74) is 3.39. The molecule has 0 spiro atoms. The van der Waals surface area contributed by atoms with E-state index in [4.69, 9.17) is 0 Å². The van der Waals surface area contributed by atoms with Gasteiger partial charge >= 0.3 is 12.0 Å². The number of benzene rings is 2. The van der Waals surface area contributed by atoms with E-state index in [2.05, 4.69) is 24.9 Å². The Morgan fingerprint density at radius 1 is 1.07 bits per heavy atom. The Balaban J connectivity index is 1.47. The number of hydrogen-bond donors (Lipinski definition) is 2. The van der Waals surface area contributed by atoms with Crippen molar-refractivity contribution in [1.29, 1.82) is 0 Å². The topological polar surface area (TPSA) is 85.2 Å². The van der Waals surface area contributed by atoms with Crippen LogP contribution in [0.4, 0.5) is 4.79 Å². The number of rotatable bonds is 6. The van der Waals surface area contributed by atoms with E-state index in [9.17, 15) is 9.59 Å². The normalized spacial score (nSPS) is 10.6. The van der Waals surface area contributed by atoms with Gasteiger partial charge in [0, 0.05) is 19.6 Å². The minimum atomic E-state index is -0.380. The molecule has 27 heavy (non-hydrogen) atoms. The number of hydrogen-bond acceptors (Lipinski definition) is 4. The van der Waals surface area contributed by atoms with Crippen LogP contribution in [0.1, 0.15) is 21.7 Å². The fourth-order valence-electron chi connectivity index (χ4n) is 2.88. The van der Waals surface area contributed by atoms with Crippen LogP contribution in [0.25, 0.3) is 11.0 Å². The molecular weight excluding hydrogens is 344 g/mol. The smallest absolute Gasteiger partial charge is 0.337 e. The second kappa shape index (κ2) is 8.35. The van der Waals surface area contributed by atoms with Gasteiger partial charge in [-0.15, -0.1) is 0 Å². The summed E-state index contributed by atoms with van der Waals surface area (Å²) in [5, 5.41) is 5.65. The Kier molecular flexibility index (Phi) is 5.71. The number of methoxy groups -OCH3 is 1. The fraction of sp³-hybridized carbons (Fsp3) is 0.250. The summed E-state index contributed by atoms with van der Waals surface area (Å²) in [5.74, 6) is 0.540. The van der Waals surface area contributed by atoms with E-state index in [1.807, 2.05) is 31.2 Å². The molecule has 7 heteroatoms. The number of urea groups is 1. The molecule has 3 rings (SSSR count). The number of amides is 2. The van der Waals surface area contributed by atoms with Crippen molar-refractivity contribution in [3.8, 4) is 0 Å². The molecule has 0 unspecified atom stereocenters. The maximum absolute atomic E-state index is 12.0. The van der Waals surface area contributed by atoms with Gasteiger partial charge in [0.15, 0.2) is 0 Å². The zero-order chi connectivity index (χ0) is 19.2. The predicted molar refractivity (Wildman–Crippen MR) is 102 cm³/mol. The second-order valence-electron chi connectivity index (χ2n) is 6.10. The Labute approximate surface area is 157 Å². The fourth-order valence-corrected chi connectivity index (χ4v) is 2.88. The molecule has 1 heterocycles. The van der Waals surface area contributed by atoms with Crippen molar-refractivity contribution >= 4 is 23.0 Å². The van der Waals surface area contributed by atoms with Gasteiger partial charge < -0.3 is 19.9 Å². The maximum atomic E-state index is 12.0. The first kappa shape index (κ1) is 18.4. The third-order valence-corrected chi connectivity index (χ3v) is 4.29. The van der Waals surface area contributed by atoms with Crippen molar-refractivity contribution in [3.63, 3.8) is 0 Å². The summed E-state index contributed by atoms with van der Waals surface area (Å²) in [6.07, 6.45) is 0. The van der Waals surface area contributed by atoms with E-state index >= 15 is 0 Å². The van der Waals surface area contributed by atoms with Crippen LogP contribution >= 0.6 is 0 Å². The number of aryl methyl sites for hydroxylation is 1. The first-order valence-corrected chi connectivity index (χ1v) is 8.69. The Morgan fingerprint density at radius 3 is 2.56 bits per heavy atom. The van der Waals surface area contributed by atoms with Crippen molar-refractivity contribution in [2.75, 3.05) is 13.7 Å². The highest BCUT2D eigenvalue weighted by Gasteiger charge is 2.08. The van der Waals surface area contributed by atoms with Crippen LogP contribution < -0.4 is 10.6 Å². The van der Waals surface area contributed by atoms with Gasteiger partial charge in [-0.2, -0.15) is 0 Å². The van der Waals surface area contributed by atoms with Gasteiger partial charge in [0.1, 0.15) is 5.82 Å². The van der Waals surface area contributed by atoms with Crippen molar-refractivity contribution in [2.45, 2.75) is 20.0 Å². The maximum Gasteiger partial charge on any atom is 0.337 e. The SMILES string of the molecule is COC(=O)c1ccc(CNC(=O)NCCn2c(C)nc3ccccc32)cc1. The lowest BCUT2D eigenvalue weighted by molar-refractivity contribution is 0.0600. The van der Waals surface area contributed by atoms with E-state index in [0.29, 0.717) is 25.2 Å². The van der Waals surface area contributed by atoms with Crippen LogP contribution in [0.15, 0.2) is 48.5 Å². The lowest BCUT2D eigenvalue weighted by Gasteiger charge is -2.10. The van der Waals surface area contributed by atoms with Crippen LogP contribution in [-0.2, 0) is 17.8 Å². The Bertz CT molecular complexity index is 948. The molecule has 2 aromatic carbocycles. The first-order valence-electron chi connectivity index (χ1n) is 8.69. The summed E-state index contributed by atoms with van der Waals surface area (Å²) >= 11 is 0. The van der Waals surface area contributed by atoms with Crippen LogP contribution in [0.5, 0.6) is 0 Å². The molecule has 0 fully saturated rings. The number of fused-ring (bicyclic) bond motifs is 1.